The van der Waals surface area contributed by atoms with Crippen molar-refractivity contribution in [1.29, 1.82) is 5.26 Å². The second-order valence-electron chi connectivity index (χ2n) is 5.11. The molecule has 0 fully saturated rings. The molecule has 1 atom stereocenters. The second kappa shape index (κ2) is 6.74. The van der Waals surface area contributed by atoms with Crippen molar-refractivity contribution in [2.45, 2.75) is 6.04 Å². The molecule has 0 saturated carbocycles. The molecule has 21 heavy (non-hydrogen) atoms. The van der Waals surface area contributed by atoms with Crippen molar-refractivity contribution < 1.29 is 0 Å². The number of hydrogen-bond acceptors (Lipinski definition) is 4. The van der Waals surface area contributed by atoms with E-state index in [2.05, 4.69) is 37.3 Å². The first-order valence-corrected chi connectivity index (χ1v) is 7.39. The average molecular weight is 348 g/mol. The first-order valence-electron chi connectivity index (χ1n) is 6.59. The van der Waals surface area contributed by atoms with Crippen LogP contribution in [-0.4, -0.2) is 35.3 Å². The number of aryl methyl sites for hydroxylation is 1. The van der Waals surface area contributed by atoms with Gasteiger partial charge in [-0.3, -0.25) is 4.68 Å². The zero-order chi connectivity index (χ0) is 15.4. The molecule has 1 aromatic carbocycles. The molecule has 2 rings (SSSR count). The van der Waals surface area contributed by atoms with E-state index in [1.54, 1.807) is 4.68 Å². The van der Waals surface area contributed by atoms with Crippen LogP contribution in [0, 0.1) is 11.3 Å². The number of hydrogen-bond donors (Lipinski definition) is 1. The van der Waals surface area contributed by atoms with Gasteiger partial charge in [-0.05, 0) is 32.3 Å². The average Bonchev–Trinajstić information content (AvgIpc) is 2.86. The number of nitrogens with one attached hydrogen (secondary N) is 1. The molecule has 2 aromatic rings. The molecular weight excluding hydrogens is 330 g/mol. The number of nitriles is 1. The Hall–Kier alpha value is -1.84. The summed E-state index contributed by atoms with van der Waals surface area (Å²) in [6.07, 6.45) is 3.89. The third-order valence-corrected chi connectivity index (χ3v) is 3.81. The van der Waals surface area contributed by atoms with Crippen molar-refractivity contribution in [2.75, 3.05) is 26.0 Å². The summed E-state index contributed by atoms with van der Waals surface area (Å²) in [5.41, 5.74) is 2.62. The number of aromatic nitrogens is 2. The molecule has 0 saturated heterocycles. The van der Waals surface area contributed by atoms with Crippen LogP contribution < -0.4 is 5.32 Å². The molecule has 0 amide bonds. The van der Waals surface area contributed by atoms with Crippen molar-refractivity contribution in [3.8, 4) is 6.07 Å². The quantitative estimate of drug-likeness (QED) is 0.903. The second-order valence-corrected chi connectivity index (χ2v) is 6.03. The lowest BCUT2D eigenvalue weighted by Gasteiger charge is -2.24. The largest absolute Gasteiger partial charge is 0.382 e. The minimum atomic E-state index is 0.189. The molecule has 1 N–H and O–H groups in total. The van der Waals surface area contributed by atoms with E-state index in [1.807, 2.05) is 51.7 Å². The van der Waals surface area contributed by atoms with Crippen molar-refractivity contribution >= 4 is 21.6 Å². The Kier molecular flexibility index (Phi) is 4.99. The Labute approximate surface area is 133 Å². The van der Waals surface area contributed by atoms with Crippen LogP contribution >= 0.6 is 15.9 Å². The molecule has 0 aliphatic rings. The van der Waals surface area contributed by atoms with Gasteiger partial charge < -0.3 is 10.2 Å². The monoisotopic (exact) mass is 347 g/mol. The van der Waals surface area contributed by atoms with Gasteiger partial charge in [-0.15, -0.1) is 0 Å². The Morgan fingerprint density at radius 2 is 2.24 bits per heavy atom. The van der Waals surface area contributed by atoms with E-state index in [-0.39, 0.29) is 6.04 Å². The van der Waals surface area contributed by atoms with Crippen LogP contribution in [0.5, 0.6) is 0 Å². The molecule has 1 unspecified atom stereocenters. The lowest BCUT2D eigenvalue weighted by molar-refractivity contribution is 0.311. The minimum absolute atomic E-state index is 0.189. The Bertz CT molecular complexity index is 656. The maximum Gasteiger partial charge on any atom is 0.101 e. The van der Waals surface area contributed by atoms with Crippen molar-refractivity contribution in [1.82, 2.24) is 14.7 Å². The van der Waals surface area contributed by atoms with Gasteiger partial charge in [-0.2, -0.15) is 10.4 Å². The topological polar surface area (TPSA) is 56.9 Å². The standard InChI is InChI=1S/C15H18BrN5/c1-20(2)15(12-8-19-21(3)10-12)9-18-14-5-4-13(16)6-11(14)7-17/h4-6,8,10,15,18H,9H2,1-3H3. The Morgan fingerprint density at radius 3 is 2.81 bits per heavy atom. The maximum atomic E-state index is 9.20. The van der Waals surface area contributed by atoms with Gasteiger partial charge in [-0.25, -0.2) is 0 Å². The number of likely N-dealkylation sites (N-methyl/N-ethyl adjacent to an activating group) is 1. The third-order valence-electron chi connectivity index (χ3n) is 3.32. The van der Waals surface area contributed by atoms with Gasteiger partial charge in [0, 0.05) is 29.8 Å². The van der Waals surface area contributed by atoms with Gasteiger partial charge in [0.1, 0.15) is 6.07 Å². The number of halogens is 1. The summed E-state index contributed by atoms with van der Waals surface area (Å²) in [6, 6.07) is 8.06. The fourth-order valence-corrected chi connectivity index (χ4v) is 2.54. The minimum Gasteiger partial charge on any atom is -0.382 e. The highest BCUT2D eigenvalue weighted by molar-refractivity contribution is 9.10. The van der Waals surface area contributed by atoms with Crippen LogP contribution in [0.25, 0.3) is 0 Å². The number of anilines is 1. The van der Waals surface area contributed by atoms with E-state index in [0.29, 0.717) is 12.1 Å². The van der Waals surface area contributed by atoms with E-state index in [1.165, 1.54) is 0 Å². The first kappa shape index (κ1) is 15.5. The van der Waals surface area contributed by atoms with Gasteiger partial charge in [0.15, 0.2) is 0 Å². The number of nitrogens with zero attached hydrogens (tertiary/aromatic N) is 4. The molecule has 6 heteroatoms. The zero-order valence-electron chi connectivity index (χ0n) is 12.3. The van der Waals surface area contributed by atoms with E-state index in [4.69, 9.17) is 0 Å². The van der Waals surface area contributed by atoms with Crippen LogP contribution in [0.1, 0.15) is 17.2 Å². The molecular formula is C15H18BrN5. The summed E-state index contributed by atoms with van der Waals surface area (Å²) >= 11 is 3.38. The molecule has 0 radical (unpaired) electrons. The summed E-state index contributed by atoms with van der Waals surface area (Å²) in [7, 11) is 5.98. The van der Waals surface area contributed by atoms with Crippen LogP contribution in [0.15, 0.2) is 35.1 Å². The molecule has 1 heterocycles. The van der Waals surface area contributed by atoms with Crippen molar-refractivity contribution in [2.24, 2.45) is 7.05 Å². The number of benzene rings is 1. The lowest BCUT2D eigenvalue weighted by atomic mass is 10.1. The summed E-state index contributed by atoms with van der Waals surface area (Å²) in [4.78, 5) is 2.13. The Morgan fingerprint density at radius 1 is 1.48 bits per heavy atom. The van der Waals surface area contributed by atoms with E-state index in [9.17, 15) is 5.26 Å². The van der Waals surface area contributed by atoms with E-state index < -0.39 is 0 Å². The summed E-state index contributed by atoms with van der Waals surface area (Å²) in [6.45, 7) is 0.703. The molecule has 5 nitrogen and oxygen atoms in total. The lowest BCUT2D eigenvalue weighted by Crippen LogP contribution is -2.26. The van der Waals surface area contributed by atoms with Gasteiger partial charge in [0.2, 0.25) is 0 Å². The van der Waals surface area contributed by atoms with Crippen LogP contribution in [-0.2, 0) is 7.05 Å². The highest BCUT2D eigenvalue weighted by Gasteiger charge is 2.16. The predicted octanol–water partition coefficient (Wildman–Crippen LogP) is 2.77. The van der Waals surface area contributed by atoms with E-state index in [0.717, 1.165) is 15.7 Å². The van der Waals surface area contributed by atoms with Gasteiger partial charge in [0.25, 0.3) is 0 Å². The molecule has 110 valence electrons. The molecule has 0 spiro atoms. The van der Waals surface area contributed by atoms with Crippen molar-refractivity contribution in [3.05, 3.63) is 46.2 Å². The van der Waals surface area contributed by atoms with Gasteiger partial charge in [-0.1, -0.05) is 15.9 Å². The zero-order valence-corrected chi connectivity index (χ0v) is 13.9. The summed E-state index contributed by atoms with van der Waals surface area (Å²) in [5, 5.41) is 16.8. The molecule has 0 aliphatic heterocycles. The van der Waals surface area contributed by atoms with Gasteiger partial charge in [0.05, 0.1) is 23.5 Å². The molecule has 0 aliphatic carbocycles. The maximum absolute atomic E-state index is 9.20. The summed E-state index contributed by atoms with van der Waals surface area (Å²) < 4.78 is 2.70. The van der Waals surface area contributed by atoms with Crippen LogP contribution in [0.3, 0.4) is 0 Å². The smallest absolute Gasteiger partial charge is 0.101 e. The fraction of sp³-hybridized carbons (Fsp3) is 0.333. The Balaban J connectivity index is 2.15. The highest BCUT2D eigenvalue weighted by atomic mass is 79.9. The predicted molar refractivity (Wildman–Crippen MR) is 87.0 cm³/mol. The van der Waals surface area contributed by atoms with Crippen LogP contribution in [0.2, 0.25) is 0 Å². The van der Waals surface area contributed by atoms with Crippen molar-refractivity contribution in [3.63, 3.8) is 0 Å². The normalized spacial score (nSPS) is 12.2. The first-order chi connectivity index (χ1) is 10.0. The number of rotatable bonds is 5. The SMILES string of the molecule is CN(C)C(CNc1ccc(Br)cc1C#N)c1cnn(C)c1. The molecule has 1 aromatic heterocycles. The fourth-order valence-electron chi connectivity index (χ4n) is 2.18. The third kappa shape index (κ3) is 3.84. The van der Waals surface area contributed by atoms with Gasteiger partial charge >= 0.3 is 0 Å². The highest BCUT2D eigenvalue weighted by Crippen LogP contribution is 2.23. The summed E-state index contributed by atoms with van der Waals surface area (Å²) in [5.74, 6) is 0. The van der Waals surface area contributed by atoms with Crippen LogP contribution in [0.4, 0.5) is 5.69 Å². The van der Waals surface area contributed by atoms with E-state index >= 15 is 0 Å². The molecule has 0 bridgehead atoms.